The number of nitrogen functional groups attached to an aromatic ring is 1. The summed E-state index contributed by atoms with van der Waals surface area (Å²) in [6.07, 6.45) is 3.14. The molecule has 0 fully saturated rings. The largest absolute Gasteiger partial charge is 0.397 e. The van der Waals surface area contributed by atoms with Crippen molar-refractivity contribution in [3.05, 3.63) is 36.8 Å². The topological polar surface area (TPSA) is 80.5 Å². The van der Waals surface area contributed by atoms with E-state index in [0.29, 0.717) is 10.8 Å². The molecule has 0 unspecified atom stereocenters. The molecule has 6 heteroatoms. The highest BCUT2D eigenvalue weighted by atomic mass is 32.2. The van der Waals surface area contributed by atoms with Gasteiger partial charge in [0, 0.05) is 10.3 Å². The van der Waals surface area contributed by atoms with E-state index in [-0.39, 0.29) is 0 Å². The summed E-state index contributed by atoms with van der Waals surface area (Å²) in [5.41, 5.74) is 7.52. The van der Waals surface area contributed by atoms with Gasteiger partial charge < -0.3 is 5.73 Å². The zero-order valence-electron chi connectivity index (χ0n) is 8.79. The highest BCUT2D eigenvalue weighted by Gasteiger charge is 2.09. The van der Waals surface area contributed by atoms with Crippen molar-refractivity contribution in [2.75, 3.05) is 5.73 Å². The molecule has 3 rings (SSSR count). The summed E-state index contributed by atoms with van der Waals surface area (Å²) in [6.45, 7) is 0. The van der Waals surface area contributed by atoms with Gasteiger partial charge in [-0.1, -0.05) is 18.2 Å². The van der Waals surface area contributed by atoms with E-state index in [1.54, 1.807) is 6.20 Å². The van der Waals surface area contributed by atoms with Gasteiger partial charge in [-0.25, -0.2) is 4.98 Å². The Labute approximate surface area is 101 Å². The molecular formula is C11H9N5S. The molecule has 0 amide bonds. The van der Waals surface area contributed by atoms with Gasteiger partial charge >= 0.3 is 0 Å². The summed E-state index contributed by atoms with van der Waals surface area (Å²) in [5, 5.41) is 8.36. The van der Waals surface area contributed by atoms with Crippen LogP contribution >= 0.6 is 11.8 Å². The lowest BCUT2D eigenvalue weighted by Gasteiger charge is -2.06. The Hall–Kier alpha value is -2.08. The van der Waals surface area contributed by atoms with Gasteiger partial charge in [-0.3, -0.25) is 10.1 Å². The highest BCUT2D eigenvalue weighted by Crippen LogP contribution is 2.34. The second-order valence-electron chi connectivity index (χ2n) is 3.45. The predicted molar refractivity (Wildman–Crippen MR) is 66.7 cm³/mol. The number of H-pyrrole nitrogens is 1. The normalized spacial score (nSPS) is 10.8. The fourth-order valence-electron chi connectivity index (χ4n) is 1.59. The van der Waals surface area contributed by atoms with Crippen molar-refractivity contribution in [3.63, 3.8) is 0 Å². The number of nitrogens with one attached hydrogen (secondary N) is 1. The number of aromatic amines is 1. The fraction of sp³-hybridized carbons (Fsp3) is 0. The van der Waals surface area contributed by atoms with E-state index in [1.165, 1.54) is 18.1 Å². The van der Waals surface area contributed by atoms with Crippen LogP contribution in [0.1, 0.15) is 0 Å². The molecule has 0 radical (unpaired) electrons. The maximum atomic E-state index is 5.96. The maximum absolute atomic E-state index is 5.96. The Balaban J connectivity index is 2.17. The number of nitrogens with two attached hydrogens (primary N) is 1. The van der Waals surface area contributed by atoms with Crippen LogP contribution in [0.5, 0.6) is 0 Å². The zero-order chi connectivity index (χ0) is 11.7. The van der Waals surface area contributed by atoms with Crippen LogP contribution in [0.3, 0.4) is 0 Å². The Morgan fingerprint density at radius 2 is 2.06 bits per heavy atom. The Bertz CT molecular complexity index is 650. The molecule has 0 spiro atoms. The molecule has 0 aliphatic heterocycles. The minimum atomic E-state index is 0.644. The van der Waals surface area contributed by atoms with Crippen LogP contribution in [0.25, 0.3) is 10.9 Å². The quantitative estimate of drug-likeness (QED) is 0.720. The van der Waals surface area contributed by atoms with E-state index < -0.39 is 0 Å². The molecule has 0 aliphatic carbocycles. The van der Waals surface area contributed by atoms with Gasteiger partial charge in [-0.2, -0.15) is 5.10 Å². The number of hydrogen-bond donors (Lipinski definition) is 2. The van der Waals surface area contributed by atoms with Gasteiger partial charge in [0.05, 0.1) is 17.4 Å². The number of fused-ring (bicyclic) bond motifs is 1. The molecule has 0 aliphatic rings. The van der Waals surface area contributed by atoms with Crippen LogP contribution < -0.4 is 5.73 Å². The lowest BCUT2D eigenvalue weighted by atomic mass is 10.2. The third-order valence-corrected chi connectivity index (χ3v) is 3.40. The highest BCUT2D eigenvalue weighted by molar-refractivity contribution is 7.99. The van der Waals surface area contributed by atoms with E-state index in [2.05, 4.69) is 20.2 Å². The Morgan fingerprint density at radius 3 is 2.88 bits per heavy atom. The van der Waals surface area contributed by atoms with Crippen LogP contribution in [-0.2, 0) is 0 Å². The van der Waals surface area contributed by atoms with Gasteiger partial charge in [0.1, 0.15) is 6.33 Å². The number of pyridine rings is 1. The first kappa shape index (κ1) is 10.1. The summed E-state index contributed by atoms with van der Waals surface area (Å²) in [5.74, 6) is 0. The summed E-state index contributed by atoms with van der Waals surface area (Å²) < 4.78 is 0. The fourth-order valence-corrected chi connectivity index (χ4v) is 2.43. The minimum Gasteiger partial charge on any atom is -0.397 e. The first-order chi connectivity index (χ1) is 8.34. The van der Waals surface area contributed by atoms with Crippen molar-refractivity contribution in [2.24, 2.45) is 0 Å². The van der Waals surface area contributed by atoms with Crippen molar-refractivity contribution in [3.8, 4) is 0 Å². The second kappa shape index (κ2) is 4.06. The summed E-state index contributed by atoms with van der Waals surface area (Å²) in [6, 6.07) is 7.87. The lowest BCUT2D eigenvalue weighted by molar-refractivity contribution is 0.974. The molecule has 5 nitrogen and oxygen atoms in total. The number of hydrogen-bond acceptors (Lipinski definition) is 5. The van der Waals surface area contributed by atoms with E-state index in [1.807, 2.05) is 24.3 Å². The molecule has 0 atom stereocenters. The van der Waals surface area contributed by atoms with Crippen molar-refractivity contribution >= 4 is 28.4 Å². The van der Waals surface area contributed by atoms with Gasteiger partial charge in [-0.05, 0) is 17.8 Å². The first-order valence-electron chi connectivity index (χ1n) is 5.01. The number of nitrogens with zero attached hydrogens (tertiary/aromatic N) is 3. The Morgan fingerprint density at radius 1 is 1.18 bits per heavy atom. The van der Waals surface area contributed by atoms with Crippen molar-refractivity contribution in [2.45, 2.75) is 10.1 Å². The van der Waals surface area contributed by atoms with Gasteiger partial charge in [-0.15, -0.1) is 0 Å². The van der Waals surface area contributed by atoms with E-state index in [4.69, 9.17) is 5.73 Å². The third kappa shape index (κ3) is 1.83. The van der Waals surface area contributed by atoms with Crippen molar-refractivity contribution in [1.82, 2.24) is 20.2 Å². The third-order valence-electron chi connectivity index (χ3n) is 2.35. The monoisotopic (exact) mass is 243 g/mol. The smallest absolute Gasteiger partial charge is 0.188 e. The molecule has 0 saturated carbocycles. The first-order valence-corrected chi connectivity index (χ1v) is 5.82. The van der Waals surface area contributed by atoms with Crippen molar-refractivity contribution in [1.29, 1.82) is 0 Å². The van der Waals surface area contributed by atoms with Gasteiger partial charge in [0.2, 0.25) is 0 Å². The molecule has 2 aromatic heterocycles. The van der Waals surface area contributed by atoms with E-state index in [0.717, 1.165) is 15.8 Å². The van der Waals surface area contributed by atoms with Crippen LogP contribution in [0.2, 0.25) is 0 Å². The molecule has 84 valence electrons. The van der Waals surface area contributed by atoms with E-state index >= 15 is 0 Å². The number of aromatic nitrogens is 4. The molecule has 17 heavy (non-hydrogen) atoms. The average Bonchev–Trinajstić information content (AvgIpc) is 2.86. The molecular weight excluding hydrogens is 234 g/mol. The number of rotatable bonds is 2. The standard InChI is InChI=1S/C11H9N5S/c12-8-5-13-9-4-2-1-3-7(9)10(8)17-11-14-6-15-16-11/h1-6H,12H2,(H,14,15,16). The lowest BCUT2D eigenvalue weighted by Crippen LogP contribution is -1.92. The molecule has 0 bridgehead atoms. The summed E-state index contributed by atoms with van der Waals surface area (Å²) in [4.78, 5) is 9.32. The number of benzene rings is 1. The average molecular weight is 243 g/mol. The van der Waals surface area contributed by atoms with Crippen molar-refractivity contribution < 1.29 is 0 Å². The number of anilines is 1. The molecule has 3 N–H and O–H groups in total. The minimum absolute atomic E-state index is 0.644. The summed E-state index contributed by atoms with van der Waals surface area (Å²) >= 11 is 1.46. The second-order valence-corrected chi connectivity index (χ2v) is 4.45. The van der Waals surface area contributed by atoms with Crippen LogP contribution in [-0.4, -0.2) is 20.2 Å². The van der Waals surface area contributed by atoms with Crippen LogP contribution in [0, 0.1) is 0 Å². The number of para-hydroxylation sites is 1. The van der Waals surface area contributed by atoms with E-state index in [9.17, 15) is 0 Å². The van der Waals surface area contributed by atoms with Crippen LogP contribution in [0.15, 0.2) is 46.8 Å². The van der Waals surface area contributed by atoms with Crippen LogP contribution in [0.4, 0.5) is 5.69 Å². The predicted octanol–water partition coefficient (Wildman–Crippen LogP) is 2.09. The molecule has 0 saturated heterocycles. The van der Waals surface area contributed by atoms with Gasteiger partial charge in [0.15, 0.2) is 5.16 Å². The Kier molecular flexibility index (Phi) is 2.41. The molecule has 1 aromatic carbocycles. The maximum Gasteiger partial charge on any atom is 0.188 e. The zero-order valence-corrected chi connectivity index (χ0v) is 9.61. The SMILES string of the molecule is Nc1cnc2ccccc2c1Sc1ncn[nH]1. The van der Waals surface area contributed by atoms with Gasteiger partial charge in [0.25, 0.3) is 0 Å². The molecule has 2 heterocycles. The summed E-state index contributed by atoms with van der Waals surface area (Å²) in [7, 11) is 0. The molecule has 3 aromatic rings.